The van der Waals surface area contributed by atoms with Crippen molar-refractivity contribution >= 4 is 33.1 Å². The molecule has 0 atom stereocenters. The molecule has 5 heteroatoms. The van der Waals surface area contributed by atoms with Gasteiger partial charge in [-0.2, -0.15) is 5.10 Å². The highest BCUT2D eigenvalue weighted by Gasteiger charge is 2.17. The fourth-order valence-electron chi connectivity index (χ4n) is 3.03. The maximum absolute atomic E-state index is 12.8. The highest BCUT2D eigenvalue weighted by molar-refractivity contribution is 7.20. The van der Waals surface area contributed by atoms with Gasteiger partial charge in [0.1, 0.15) is 4.83 Å². The number of hydrogen-bond donors (Lipinski definition) is 1. The number of amides is 1. The molecule has 2 aromatic carbocycles. The topological polar surface area (TPSA) is 46.9 Å². The van der Waals surface area contributed by atoms with Gasteiger partial charge in [-0.25, -0.2) is 4.68 Å². The number of benzene rings is 2. The van der Waals surface area contributed by atoms with E-state index in [9.17, 15) is 4.79 Å². The van der Waals surface area contributed by atoms with Crippen LogP contribution in [0.3, 0.4) is 0 Å². The lowest BCUT2D eigenvalue weighted by atomic mass is 10.1. The Bertz CT molecular complexity index is 1150. The van der Waals surface area contributed by atoms with Crippen LogP contribution in [0, 0.1) is 27.7 Å². The van der Waals surface area contributed by atoms with E-state index in [1.807, 2.05) is 42.8 Å². The van der Waals surface area contributed by atoms with Gasteiger partial charge in [-0.05, 0) is 69.2 Å². The largest absolute Gasteiger partial charge is 0.321 e. The molecule has 4 aromatic rings. The summed E-state index contributed by atoms with van der Waals surface area (Å²) in [5.74, 6) is -0.0886. The lowest BCUT2D eigenvalue weighted by Gasteiger charge is -2.06. The summed E-state index contributed by atoms with van der Waals surface area (Å²) >= 11 is 1.47. The second kappa shape index (κ2) is 6.67. The van der Waals surface area contributed by atoms with E-state index in [2.05, 4.69) is 48.5 Å². The van der Waals surface area contributed by atoms with Gasteiger partial charge >= 0.3 is 0 Å². The predicted octanol–water partition coefficient (Wildman–Crippen LogP) is 5.57. The van der Waals surface area contributed by atoms with Crippen molar-refractivity contribution < 1.29 is 4.79 Å². The van der Waals surface area contributed by atoms with Gasteiger partial charge in [0.05, 0.1) is 16.3 Å². The van der Waals surface area contributed by atoms with Crippen LogP contribution in [0.15, 0.2) is 48.5 Å². The molecule has 27 heavy (non-hydrogen) atoms. The molecule has 0 aliphatic carbocycles. The first kappa shape index (κ1) is 17.5. The Kier molecular flexibility index (Phi) is 4.32. The zero-order chi connectivity index (χ0) is 19.1. The fraction of sp³-hybridized carbons (Fsp3) is 0.182. The molecule has 0 saturated carbocycles. The Hall–Kier alpha value is -2.92. The van der Waals surface area contributed by atoms with Crippen LogP contribution >= 0.6 is 11.3 Å². The smallest absolute Gasteiger partial charge is 0.265 e. The van der Waals surface area contributed by atoms with Crippen molar-refractivity contribution in [3.05, 3.63) is 75.8 Å². The molecule has 4 nitrogen and oxygen atoms in total. The number of fused-ring (bicyclic) bond motifs is 1. The summed E-state index contributed by atoms with van der Waals surface area (Å²) in [4.78, 5) is 14.4. The molecule has 0 aliphatic heterocycles. The molecular formula is C22H21N3OS. The van der Waals surface area contributed by atoms with Crippen molar-refractivity contribution in [1.82, 2.24) is 9.78 Å². The summed E-state index contributed by atoms with van der Waals surface area (Å²) in [6.07, 6.45) is 0. The average molecular weight is 375 g/mol. The van der Waals surface area contributed by atoms with E-state index in [1.54, 1.807) is 0 Å². The van der Waals surface area contributed by atoms with E-state index in [4.69, 9.17) is 0 Å². The number of hydrogen-bond acceptors (Lipinski definition) is 3. The molecule has 4 rings (SSSR count). The van der Waals surface area contributed by atoms with Gasteiger partial charge in [-0.3, -0.25) is 4.79 Å². The second-order valence-electron chi connectivity index (χ2n) is 6.92. The second-order valence-corrected chi connectivity index (χ2v) is 7.95. The first-order valence-electron chi connectivity index (χ1n) is 8.87. The van der Waals surface area contributed by atoms with Gasteiger partial charge in [0.25, 0.3) is 5.91 Å². The fourth-order valence-corrected chi connectivity index (χ4v) is 4.11. The first-order chi connectivity index (χ1) is 12.9. The third-order valence-corrected chi connectivity index (χ3v) is 5.92. The van der Waals surface area contributed by atoms with Crippen LogP contribution in [-0.4, -0.2) is 15.7 Å². The third kappa shape index (κ3) is 3.26. The van der Waals surface area contributed by atoms with Gasteiger partial charge < -0.3 is 5.32 Å². The van der Waals surface area contributed by atoms with Crippen LogP contribution in [0.5, 0.6) is 0 Å². The molecule has 136 valence electrons. The molecule has 0 radical (unpaired) electrons. The van der Waals surface area contributed by atoms with Crippen LogP contribution in [-0.2, 0) is 0 Å². The Morgan fingerprint density at radius 3 is 2.41 bits per heavy atom. The van der Waals surface area contributed by atoms with Crippen LogP contribution in [0.2, 0.25) is 0 Å². The molecule has 1 amide bonds. The first-order valence-corrected chi connectivity index (χ1v) is 9.69. The number of aromatic nitrogens is 2. The minimum Gasteiger partial charge on any atom is -0.321 e. The maximum Gasteiger partial charge on any atom is 0.265 e. The monoisotopic (exact) mass is 375 g/mol. The summed E-state index contributed by atoms with van der Waals surface area (Å²) in [5, 5.41) is 8.68. The number of rotatable bonds is 3. The van der Waals surface area contributed by atoms with Gasteiger partial charge in [-0.15, -0.1) is 11.3 Å². The summed E-state index contributed by atoms with van der Waals surface area (Å²) in [6, 6.07) is 16.1. The van der Waals surface area contributed by atoms with Crippen molar-refractivity contribution in [3.8, 4) is 5.69 Å². The molecule has 0 spiro atoms. The third-order valence-electron chi connectivity index (χ3n) is 4.81. The zero-order valence-corrected chi connectivity index (χ0v) is 16.6. The number of carbonyl (C=O) groups is 1. The molecule has 0 fully saturated rings. The maximum atomic E-state index is 12.8. The number of aryl methyl sites for hydroxylation is 4. The number of nitrogens with zero attached hydrogens (tertiary/aromatic N) is 2. The lowest BCUT2D eigenvalue weighted by molar-refractivity contribution is 0.103. The normalized spacial score (nSPS) is 11.1. The van der Waals surface area contributed by atoms with E-state index in [-0.39, 0.29) is 5.91 Å². The summed E-state index contributed by atoms with van der Waals surface area (Å²) < 4.78 is 1.92. The van der Waals surface area contributed by atoms with E-state index < -0.39 is 0 Å². The zero-order valence-electron chi connectivity index (χ0n) is 15.8. The van der Waals surface area contributed by atoms with Gasteiger partial charge in [0.15, 0.2) is 0 Å². The number of anilines is 1. The SMILES string of the molecule is Cc1ccc(-n2nc(C)c3cc(C(=O)Nc4ccc(C)c(C)c4)sc32)cc1. The highest BCUT2D eigenvalue weighted by Crippen LogP contribution is 2.31. The standard InChI is InChI=1S/C22H21N3OS/c1-13-5-9-18(10-6-13)25-22-19(16(4)24-25)12-20(27-22)21(26)23-17-8-7-14(2)15(3)11-17/h5-12H,1-4H3,(H,23,26). The average Bonchev–Trinajstić information content (AvgIpc) is 3.20. The van der Waals surface area contributed by atoms with E-state index in [0.717, 1.165) is 32.8 Å². The quantitative estimate of drug-likeness (QED) is 0.509. The number of nitrogens with one attached hydrogen (secondary N) is 1. The van der Waals surface area contributed by atoms with Crippen LogP contribution in [0.1, 0.15) is 32.1 Å². The van der Waals surface area contributed by atoms with Gasteiger partial charge in [-0.1, -0.05) is 23.8 Å². The van der Waals surface area contributed by atoms with E-state index in [1.165, 1.54) is 22.5 Å². The highest BCUT2D eigenvalue weighted by atomic mass is 32.1. The van der Waals surface area contributed by atoms with Crippen molar-refractivity contribution in [2.75, 3.05) is 5.32 Å². The summed E-state index contributed by atoms with van der Waals surface area (Å²) in [7, 11) is 0. The van der Waals surface area contributed by atoms with Crippen molar-refractivity contribution in [1.29, 1.82) is 0 Å². The molecular weight excluding hydrogens is 354 g/mol. The van der Waals surface area contributed by atoms with Crippen LogP contribution in [0.25, 0.3) is 15.9 Å². The molecule has 0 aliphatic rings. The lowest BCUT2D eigenvalue weighted by Crippen LogP contribution is -2.10. The Morgan fingerprint density at radius 2 is 1.70 bits per heavy atom. The minimum absolute atomic E-state index is 0.0886. The minimum atomic E-state index is -0.0886. The molecule has 2 aromatic heterocycles. The van der Waals surface area contributed by atoms with Gasteiger partial charge in [0, 0.05) is 11.1 Å². The van der Waals surface area contributed by atoms with Crippen molar-refractivity contribution in [3.63, 3.8) is 0 Å². The summed E-state index contributed by atoms with van der Waals surface area (Å²) in [6.45, 7) is 8.15. The molecule has 2 heterocycles. The Morgan fingerprint density at radius 1 is 0.963 bits per heavy atom. The Balaban J connectivity index is 1.68. The van der Waals surface area contributed by atoms with Crippen molar-refractivity contribution in [2.24, 2.45) is 0 Å². The number of thiophene rings is 1. The van der Waals surface area contributed by atoms with Crippen LogP contribution in [0.4, 0.5) is 5.69 Å². The van der Waals surface area contributed by atoms with Gasteiger partial charge in [0.2, 0.25) is 0 Å². The predicted molar refractivity (Wildman–Crippen MR) is 112 cm³/mol. The van der Waals surface area contributed by atoms with Crippen molar-refractivity contribution in [2.45, 2.75) is 27.7 Å². The molecule has 0 bridgehead atoms. The van der Waals surface area contributed by atoms with E-state index in [0.29, 0.717) is 4.88 Å². The molecule has 0 saturated heterocycles. The molecule has 1 N–H and O–H groups in total. The summed E-state index contributed by atoms with van der Waals surface area (Å²) in [5.41, 5.74) is 6.32. The Labute approximate surface area is 162 Å². The van der Waals surface area contributed by atoms with E-state index >= 15 is 0 Å². The number of carbonyl (C=O) groups excluding carboxylic acids is 1. The van der Waals surface area contributed by atoms with Crippen LogP contribution < -0.4 is 5.32 Å². The molecule has 0 unspecified atom stereocenters.